The molecule has 0 unspecified atom stereocenters. The molecular weight excluding hydrogens is 328 g/mol. The Kier molecular flexibility index (Phi) is 5.79. The molecule has 0 bridgehead atoms. The first-order chi connectivity index (χ1) is 10.6. The molecule has 0 saturated heterocycles. The van der Waals surface area contributed by atoms with E-state index in [1.165, 1.54) is 0 Å². The van der Waals surface area contributed by atoms with Gasteiger partial charge in [-0.05, 0) is 25.1 Å². The molecule has 22 heavy (non-hydrogen) atoms. The van der Waals surface area contributed by atoms with E-state index in [1.807, 2.05) is 0 Å². The van der Waals surface area contributed by atoms with Gasteiger partial charge < -0.3 is 9.73 Å². The van der Waals surface area contributed by atoms with Gasteiger partial charge in [0.2, 0.25) is 11.8 Å². The number of aromatic nitrogens is 2. The highest BCUT2D eigenvalue weighted by molar-refractivity contribution is 7.99. The number of hydrogen-bond acceptors (Lipinski definition) is 6. The van der Waals surface area contributed by atoms with Crippen LogP contribution < -0.4 is 10.6 Å². The zero-order valence-corrected chi connectivity index (χ0v) is 13.2. The molecule has 0 spiro atoms. The van der Waals surface area contributed by atoms with Gasteiger partial charge in [-0.2, -0.15) is 0 Å². The zero-order valence-electron chi connectivity index (χ0n) is 11.6. The fourth-order valence-electron chi connectivity index (χ4n) is 1.50. The van der Waals surface area contributed by atoms with Crippen molar-refractivity contribution in [3.8, 4) is 11.5 Å². The number of halogens is 1. The molecule has 1 aromatic heterocycles. The molecular formula is C13H13ClN4O3S. The van der Waals surface area contributed by atoms with E-state index in [2.05, 4.69) is 20.8 Å². The maximum Gasteiger partial charge on any atom is 0.321 e. The number of rotatable bonds is 5. The minimum atomic E-state index is -0.529. The first-order valence-corrected chi connectivity index (χ1v) is 7.74. The number of nitrogens with zero attached hydrogens (tertiary/aromatic N) is 2. The summed E-state index contributed by atoms with van der Waals surface area (Å²) in [5.74, 6) is -0.138. The predicted octanol–water partition coefficient (Wildman–Crippen LogP) is 2.33. The first-order valence-electron chi connectivity index (χ1n) is 6.38. The van der Waals surface area contributed by atoms with Crippen LogP contribution in [0.15, 0.2) is 33.9 Å². The van der Waals surface area contributed by atoms with Crippen molar-refractivity contribution in [1.82, 2.24) is 20.8 Å². The molecule has 0 aliphatic rings. The van der Waals surface area contributed by atoms with Gasteiger partial charge >= 0.3 is 6.03 Å². The summed E-state index contributed by atoms with van der Waals surface area (Å²) in [5.41, 5.74) is 0.693. The molecule has 2 aromatic rings. The van der Waals surface area contributed by atoms with Crippen LogP contribution in [0, 0.1) is 0 Å². The minimum Gasteiger partial charge on any atom is -0.411 e. The number of benzene rings is 1. The van der Waals surface area contributed by atoms with Crippen LogP contribution in [-0.2, 0) is 4.79 Å². The van der Waals surface area contributed by atoms with Crippen LogP contribution in [-0.4, -0.2) is 34.4 Å². The van der Waals surface area contributed by atoms with Gasteiger partial charge in [0, 0.05) is 17.1 Å². The third kappa shape index (κ3) is 4.74. The maximum atomic E-state index is 11.5. The summed E-state index contributed by atoms with van der Waals surface area (Å²) in [5, 5.41) is 13.2. The molecule has 1 aromatic carbocycles. The molecule has 0 atom stereocenters. The van der Waals surface area contributed by atoms with Gasteiger partial charge in [-0.1, -0.05) is 29.4 Å². The second-order valence-electron chi connectivity index (χ2n) is 4.08. The molecule has 0 radical (unpaired) electrons. The number of carbonyl (C=O) groups excluding carboxylic acids is 2. The van der Waals surface area contributed by atoms with E-state index in [-0.39, 0.29) is 11.0 Å². The number of imide groups is 1. The Morgan fingerprint density at radius 3 is 2.91 bits per heavy atom. The summed E-state index contributed by atoms with van der Waals surface area (Å²) in [6, 6.07) is 6.47. The summed E-state index contributed by atoms with van der Waals surface area (Å²) >= 11 is 6.94. The summed E-state index contributed by atoms with van der Waals surface area (Å²) in [6.45, 7) is 2.20. The molecule has 116 valence electrons. The highest BCUT2D eigenvalue weighted by Crippen LogP contribution is 2.24. The van der Waals surface area contributed by atoms with Crippen LogP contribution in [0.1, 0.15) is 6.92 Å². The lowest BCUT2D eigenvalue weighted by Gasteiger charge is -2.02. The second-order valence-corrected chi connectivity index (χ2v) is 5.44. The van der Waals surface area contributed by atoms with Crippen molar-refractivity contribution in [2.24, 2.45) is 0 Å². The molecule has 0 aliphatic carbocycles. The largest absolute Gasteiger partial charge is 0.411 e. The molecule has 9 heteroatoms. The Labute approximate surface area is 135 Å². The van der Waals surface area contributed by atoms with Crippen molar-refractivity contribution in [2.45, 2.75) is 12.1 Å². The van der Waals surface area contributed by atoms with Gasteiger partial charge in [0.05, 0.1) is 5.75 Å². The van der Waals surface area contributed by atoms with Gasteiger partial charge in [-0.15, -0.1) is 10.2 Å². The number of amides is 3. The van der Waals surface area contributed by atoms with Crippen LogP contribution >= 0.6 is 23.4 Å². The lowest BCUT2D eigenvalue weighted by molar-refractivity contribution is -0.117. The Bertz CT molecular complexity index is 677. The van der Waals surface area contributed by atoms with E-state index < -0.39 is 11.9 Å². The summed E-state index contributed by atoms with van der Waals surface area (Å²) < 4.78 is 5.43. The van der Waals surface area contributed by atoms with Crippen LogP contribution in [0.2, 0.25) is 5.02 Å². The molecule has 2 rings (SSSR count). The van der Waals surface area contributed by atoms with Crippen molar-refractivity contribution in [1.29, 1.82) is 0 Å². The molecule has 0 saturated carbocycles. The van der Waals surface area contributed by atoms with E-state index in [1.54, 1.807) is 31.2 Å². The lowest BCUT2D eigenvalue weighted by Crippen LogP contribution is -2.40. The fourth-order valence-corrected chi connectivity index (χ4v) is 2.25. The smallest absolute Gasteiger partial charge is 0.321 e. The third-order valence-electron chi connectivity index (χ3n) is 2.40. The summed E-state index contributed by atoms with van der Waals surface area (Å²) in [4.78, 5) is 22.7. The normalized spacial score (nSPS) is 10.3. The molecule has 7 nitrogen and oxygen atoms in total. The number of thioether (sulfide) groups is 1. The van der Waals surface area contributed by atoms with Gasteiger partial charge in [0.1, 0.15) is 0 Å². The van der Waals surface area contributed by atoms with E-state index in [0.717, 1.165) is 11.8 Å². The van der Waals surface area contributed by atoms with E-state index in [0.29, 0.717) is 23.0 Å². The standard InChI is InChI=1S/C13H13ClN4O3S/c1-2-15-12(20)16-10(19)7-22-13-18-17-11(21-13)8-4-3-5-9(14)6-8/h3-6H,2,7H2,1H3,(H2,15,16,19,20). The Balaban J connectivity index is 1.90. The van der Waals surface area contributed by atoms with Crippen molar-refractivity contribution in [2.75, 3.05) is 12.3 Å². The fraction of sp³-hybridized carbons (Fsp3) is 0.231. The number of carbonyl (C=O) groups is 2. The molecule has 3 amide bonds. The van der Waals surface area contributed by atoms with Gasteiger partial charge in [-0.3, -0.25) is 10.1 Å². The molecule has 0 fully saturated rings. The molecule has 1 heterocycles. The van der Waals surface area contributed by atoms with Gasteiger partial charge in [0.15, 0.2) is 0 Å². The quantitative estimate of drug-likeness (QED) is 0.811. The van der Waals surface area contributed by atoms with E-state index >= 15 is 0 Å². The van der Waals surface area contributed by atoms with Crippen LogP contribution in [0.3, 0.4) is 0 Å². The first kappa shape index (κ1) is 16.3. The van der Waals surface area contributed by atoms with E-state index in [9.17, 15) is 9.59 Å². The minimum absolute atomic E-state index is 0.00564. The van der Waals surface area contributed by atoms with Crippen molar-refractivity contribution < 1.29 is 14.0 Å². The van der Waals surface area contributed by atoms with Gasteiger partial charge in [0.25, 0.3) is 5.22 Å². The average Bonchev–Trinajstić information content (AvgIpc) is 2.94. The summed E-state index contributed by atoms with van der Waals surface area (Å²) in [7, 11) is 0. The van der Waals surface area contributed by atoms with Crippen LogP contribution in [0.5, 0.6) is 0 Å². The van der Waals surface area contributed by atoms with Crippen LogP contribution in [0.4, 0.5) is 4.79 Å². The monoisotopic (exact) mass is 340 g/mol. The lowest BCUT2D eigenvalue weighted by atomic mass is 10.2. The SMILES string of the molecule is CCNC(=O)NC(=O)CSc1nnc(-c2cccc(Cl)c2)o1. The van der Waals surface area contributed by atoms with Crippen molar-refractivity contribution >= 4 is 35.3 Å². The topological polar surface area (TPSA) is 97.1 Å². The highest BCUT2D eigenvalue weighted by atomic mass is 35.5. The average molecular weight is 341 g/mol. The maximum absolute atomic E-state index is 11.5. The number of urea groups is 1. The number of hydrogen-bond donors (Lipinski definition) is 2. The number of nitrogens with one attached hydrogen (secondary N) is 2. The van der Waals surface area contributed by atoms with Gasteiger partial charge in [-0.25, -0.2) is 4.79 Å². The molecule has 0 aliphatic heterocycles. The highest BCUT2D eigenvalue weighted by Gasteiger charge is 2.12. The van der Waals surface area contributed by atoms with Crippen molar-refractivity contribution in [3.63, 3.8) is 0 Å². The second kappa shape index (κ2) is 7.81. The van der Waals surface area contributed by atoms with Crippen LogP contribution in [0.25, 0.3) is 11.5 Å². The predicted molar refractivity (Wildman–Crippen MR) is 82.7 cm³/mol. The van der Waals surface area contributed by atoms with Crippen molar-refractivity contribution in [3.05, 3.63) is 29.3 Å². The Morgan fingerprint density at radius 1 is 1.36 bits per heavy atom. The summed E-state index contributed by atoms with van der Waals surface area (Å²) in [6.07, 6.45) is 0. The van der Waals surface area contributed by atoms with E-state index in [4.69, 9.17) is 16.0 Å². The zero-order chi connectivity index (χ0) is 15.9. The Morgan fingerprint density at radius 2 is 2.18 bits per heavy atom. The molecule has 2 N–H and O–H groups in total. The Hall–Kier alpha value is -2.06. The third-order valence-corrected chi connectivity index (χ3v) is 3.45.